The van der Waals surface area contributed by atoms with Gasteiger partial charge in [0.1, 0.15) is 16.7 Å². The molecule has 1 fully saturated rings. The number of nitrogens with zero attached hydrogens (tertiary/aromatic N) is 1. The zero-order valence-electron chi connectivity index (χ0n) is 15.1. The Kier molecular flexibility index (Phi) is 6.25. The van der Waals surface area contributed by atoms with Crippen LogP contribution in [0, 0.1) is 5.92 Å². The van der Waals surface area contributed by atoms with Crippen molar-refractivity contribution in [1.29, 1.82) is 0 Å². The third-order valence-electron chi connectivity index (χ3n) is 4.33. The third kappa shape index (κ3) is 4.16. The van der Waals surface area contributed by atoms with E-state index in [2.05, 4.69) is 5.32 Å². The highest BCUT2D eigenvalue weighted by molar-refractivity contribution is 7.89. The number of rotatable bonds is 7. The number of sulfonamides is 1. The van der Waals surface area contributed by atoms with Gasteiger partial charge in [-0.3, -0.25) is 4.79 Å². The lowest BCUT2D eigenvalue weighted by molar-refractivity contribution is -0.140. The first-order valence-corrected chi connectivity index (χ1v) is 9.84. The molecule has 1 aromatic carbocycles. The van der Waals surface area contributed by atoms with Gasteiger partial charge in [0, 0.05) is 18.7 Å². The van der Waals surface area contributed by atoms with Crippen LogP contribution < -0.4 is 10.1 Å². The summed E-state index contributed by atoms with van der Waals surface area (Å²) >= 11 is 0. The third-order valence-corrected chi connectivity index (χ3v) is 6.25. The van der Waals surface area contributed by atoms with E-state index in [9.17, 15) is 23.1 Å². The summed E-state index contributed by atoms with van der Waals surface area (Å²) < 4.78 is 32.2. The quantitative estimate of drug-likeness (QED) is 0.733. The van der Waals surface area contributed by atoms with Crippen molar-refractivity contribution in [3.8, 4) is 5.75 Å². The van der Waals surface area contributed by atoms with Crippen molar-refractivity contribution in [2.45, 2.75) is 37.6 Å². The van der Waals surface area contributed by atoms with Crippen LogP contribution in [0.1, 0.15) is 37.0 Å². The zero-order chi connectivity index (χ0) is 19.5. The highest BCUT2D eigenvalue weighted by Crippen LogP contribution is 2.29. The molecule has 0 bridgehead atoms. The maximum Gasteiger partial charge on any atom is 0.326 e. The molecule has 1 heterocycles. The Morgan fingerprint density at radius 1 is 1.23 bits per heavy atom. The molecular weight excluding hydrogens is 360 g/mol. The minimum absolute atomic E-state index is 0.0653. The largest absolute Gasteiger partial charge is 0.495 e. The summed E-state index contributed by atoms with van der Waals surface area (Å²) in [5.41, 5.74) is 0.0653. The SMILES string of the molecule is COc1ccc(C(=O)N[C@@H](C(=O)O)C(C)C)cc1S(=O)(=O)N1CCCC1. The molecule has 26 heavy (non-hydrogen) atoms. The molecule has 1 aliphatic rings. The van der Waals surface area contributed by atoms with Crippen molar-refractivity contribution in [3.05, 3.63) is 23.8 Å². The van der Waals surface area contributed by atoms with Gasteiger partial charge in [-0.05, 0) is 37.0 Å². The van der Waals surface area contributed by atoms with Gasteiger partial charge in [-0.1, -0.05) is 13.8 Å². The normalized spacial score (nSPS) is 16.5. The molecule has 144 valence electrons. The molecule has 2 N–H and O–H groups in total. The highest BCUT2D eigenvalue weighted by atomic mass is 32.2. The van der Waals surface area contributed by atoms with Crippen LogP contribution in [-0.4, -0.2) is 55.9 Å². The van der Waals surface area contributed by atoms with Crippen molar-refractivity contribution in [3.63, 3.8) is 0 Å². The number of benzene rings is 1. The number of carbonyl (C=O) groups excluding carboxylic acids is 1. The first-order chi connectivity index (χ1) is 12.2. The van der Waals surface area contributed by atoms with Crippen LogP contribution >= 0.6 is 0 Å². The van der Waals surface area contributed by atoms with Gasteiger partial charge in [-0.25, -0.2) is 13.2 Å². The molecule has 1 saturated heterocycles. The monoisotopic (exact) mass is 384 g/mol. The summed E-state index contributed by atoms with van der Waals surface area (Å²) in [7, 11) is -2.43. The topological polar surface area (TPSA) is 113 Å². The van der Waals surface area contributed by atoms with Gasteiger partial charge in [-0.15, -0.1) is 0 Å². The summed E-state index contributed by atoms with van der Waals surface area (Å²) in [5, 5.41) is 11.6. The van der Waals surface area contributed by atoms with Crippen molar-refractivity contribution < 1.29 is 27.9 Å². The first kappa shape index (κ1) is 20.2. The molecule has 0 aromatic heterocycles. The van der Waals surface area contributed by atoms with Gasteiger partial charge in [-0.2, -0.15) is 4.31 Å². The molecule has 0 aliphatic carbocycles. The number of hydrogen-bond acceptors (Lipinski definition) is 5. The van der Waals surface area contributed by atoms with E-state index >= 15 is 0 Å². The molecule has 0 radical (unpaired) electrons. The standard InChI is InChI=1S/C17H24N2O6S/c1-11(2)15(17(21)22)18-16(20)12-6-7-13(25-3)14(10-12)26(23,24)19-8-4-5-9-19/h6-7,10-11,15H,4-5,8-9H2,1-3H3,(H,18,20)(H,21,22)/t15-/m1/s1. The molecule has 1 aliphatic heterocycles. The van der Waals surface area contributed by atoms with Gasteiger partial charge < -0.3 is 15.2 Å². The van der Waals surface area contributed by atoms with Crippen molar-refractivity contribution in [2.75, 3.05) is 20.2 Å². The van der Waals surface area contributed by atoms with Crippen LogP contribution in [0.15, 0.2) is 23.1 Å². The Labute approximate surface area is 153 Å². The van der Waals surface area contributed by atoms with Crippen molar-refractivity contribution >= 4 is 21.9 Å². The lowest BCUT2D eigenvalue weighted by Gasteiger charge is -2.20. The number of carbonyl (C=O) groups is 2. The van der Waals surface area contributed by atoms with Gasteiger partial charge >= 0.3 is 5.97 Å². The number of aliphatic carboxylic acids is 1. The number of hydrogen-bond donors (Lipinski definition) is 2. The number of methoxy groups -OCH3 is 1. The molecule has 1 atom stereocenters. The van der Waals surface area contributed by atoms with Crippen molar-refractivity contribution in [1.82, 2.24) is 9.62 Å². The average Bonchev–Trinajstić information content (AvgIpc) is 3.13. The van der Waals surface area contributed by atoms with Gasteiger partial charge in [0.05, 0.1) is 7.11 Å². The summed E-state index contributed by atoms with van der Waals surface area (Å²) in [5.74, 6) is -1.96. The number of nitrogens with one attached hydrogen (secondary N) is 1. The van der Waals surface area contributed by atoms with Gasteiger partial charge in [0.25, 0.3) is 5.91 Å². The van der Waals surface area contributed by atoms with E-state index in [1.807, 2.05) is 0 Å². The number of amides is 1. The maximum atomic E-state index is 12.8. The lowest BCUT2D eigenvalue weighted by atomic mass is 10.0. The van der Waals surface area contributed by atoms with E-state index in [1.165, 1.54) is 29.6 Å². The molecular formula is C17H24N2O6S. The number of carboxylic acids is 1. The van der Waals surface area contributed by atoms with Crippen LogP contribution in [0.4, 0.5) is 0 Å². The first-order valence-electron chi connectivity index (χ1n) is 8.40. The van der Waals surface area contributed by atoms with Crippen LogP contribution in [0.2, 0.25) is 0 Å². The number of ether oxygens (including phenoxy) is 1. The number of carboxylic acid groups (broad SMARTS) is 1. The van der Waals surface area contributed by atoms with Crippen molar-refractivity contribution in [2.24, 2.45) is 5.92 Å². The predicted molar refractivity (Wildman–Crippen MR) is 94.7 cm³/mol. The van der Waals surface area contributed by atoms with Crippen LogP contribution in [0.5, 0.6) is 5.75 Å². The lowest BCUT2D eigenvalue weighted by Crippen LogP contribution is -2.44. The van der Waals surface area contributed by atoms with E-state index in [1.54, 1.807) is 13.8 Å². The average molecular weight is 384 g/mol. The van der Waals surface area contributed by atoms with E-state index in [4.69, 9.17) is 4.74 Å². The second-order valence-corrected chi connectivity index (χ2v) is 8.42. The predicted octanol–water partition coefficient (Wildman–Crippen LogP) is 1.32. The molecule has 0 unspecified atom stereocenters. The fraction of sp³-hybridized carbons (Fsp3) is 0.529. The Balaban J connectivity index is 2.37. The van der Waals surface area contributed by atoms with Crippen LogP contribution in [0.3, 0.4) is 0 Å². The Morgan fingerprint density at radius 3 is 2.35 bits per heavy atom. The fourth-order valence-corrected chi connectivity index (χ4v) is 4.52. The Hall–Kier alpha value is -2.13. The molecule has 0 spiro atoms. The summed E-state index contributed by atoms with van der Waals surface area (Å²) in [4.78, 5) is 23.6. The van der Waals surface area contributed by atoms with Gasteiger partial charge in [0.2, 0.25) is 10.0 Å². The van der Waals surface area contributed by atoms with E-state index in [-0.39, 0.29) is 22.1 Å². The molecule has 9 heteroatoms. The van der Waals surface area contributed by atoms with E-state index in [0.29, 0.717) is 13.1 Å². The highest BCUT2D eigenvalue weighted by Gasteiger charge is 2.31. The molecule has 2 rings (SSSR count). The second-order valence-electron chi connectivity index (χ2n) is 6.51. The molecule has 8 nitrogen and oxygen atoms in total. The Bertz CT molecular complexity index is 784. The molecule has 1 aromatic rings. The minimum atomic E-state index is -3.79. The Morgan fingerprint density at radius 2 is 1.85 bits per heavy atom. The van der Waals surface area contributed by atoms with Crippen LogP contribution in [-0.2, 0) is 14.8 Å². The smallest absolute Gasteiger partial charge is 0.326 e. The van der Waals surface area contributed by atoms with E-state index in [0.717, 1.165) is 12.8 Å². The summed E-state index contributed by atoms with van der Waals surface area (Å²) in [6.45, 7) is 4.21. The molecule has 1 amide bonds. The second kappa shape index (κ2) is 8.05. The maximum absolute atomic E-state index is 12.8. The van der Waals surface area contributed by atoms with E-state index < -0.39 is 27.9 Å². The van der Waals surface area contributed by atoms with Crippen LogP contribution in [0.25, 0.3) is 0 Å². The molecule has 0 saturated carbocycles. The summed E-state index contributed by atoms with van der Waals surface area (Å²) in [6, 6.07) is 2.99. The van der Waals surface area contributed by atoms with Gasteiger partial charge in [0.15, 0.2) is 0 Å². The fourth-order valence-electron chi connectivity index (χ4n) is 2.83. The summed E-state index contributed by atoms with van der Waals surface area (Å²) in [6.07, 6.45) is 1.58. The minimum Gasteiger partial charge on any atom is -0.495 e. The zero-order valence-corrected chi connectivity index (χ0v) is 15.9.